The van der Waals surface area contributed by atoms with Crippen LogP contribution in [0.5, 0.6) is 0 Å². The van der Waals surface area contributed by atoms with Gasteiger partial charge in [-0.25, -0.2) is 9.18 Å². The summed E-state index contributed by atoms with van der Waals surface area (Å²) in [6.45, 7) is 0.411. The van der Waals surface area contributed by atoms with E-state index in [-0.39, 0.29) is 12.2 Å². The van der Waals surface area contributed by atoms with Crippen LogP contribution in [0.4, 0.5) is 20.6 Å². The van der Waals surface area contributed by atoms with Gasteiger partial charge in [-0.3, -0.25) is 9.69 Å². The van der Waals surface area contributed by atoms with E-state index >= 15 is 0 Å². The smallest absolute Gasteiger partial charge is 0.415 e. The first-order valence-electron chi connectivity index (χ1n) is 7.22. The summed E-state index contributed by atoms with van der Waals surface area (Å²) < 4.78 is 19.3. The van der Waals surface area contributed by atoms with Gasteiger partial charge in [0, 0.05) is 19.2 Å². The van der Waals surface area contributed by atoms with E-state index in [9.17, 15) is 14.0 Å². The minimum Gasteiger partial charge on any atom is -0.434 e. The molecular weight excluding hydrogens is 319 g/mol. The Morgan fingerprint density at radius 2 is 2.25 bits per heavy atom. The highest BCUT2D eigenvalue weighted by molar-refractivity contribution is 5.97. The first kappa shape index (κ1) is 15.8. The molecule has 8 nitrogen and oxygen atoms in total. The Labute approximate surface area is 136 Å². The number of oxime groups is 1. The Morgan fingerprint density at radius 3 is 2.79 bits per heavy atom. The molecule has 3 N–H and O–H groups in total. The topological polar surface area (TPSA) is 108 Å². The second-order valence-corrected chi connectivity index (χ2v) is 5.37. The normalized spacial score (nSPS) is 22.1. The molecule has 0 bridgehead atoms. The van der Waals surface area contributed by atoms with Gasteiger partial charge in [0.2, 0.25) is 0 Å². The van der Waals surface area contributed by atoms with Crippen molar-refractivity contribution in [3.8, 4) is 0 Å². The minimum absolute atomic E-state index is 0.0487. The van der Waals surface area contributed by atoms with Crippen molar-refractivity contribution in [3.63, 3.8) is 0 Å². The molecule has 9 heteroatoms. The van der Waals surface area contributed by atoms with Gasteiger partial charge in [-0.05, 0) is 24.3 Å². The number of hydrogen-bond donors (Lipinski definition) is 2. The quantitative estimate of drug-likeness (QED) is 0.637. The molecule has 2 heterocycles. The van der Waals surface area contributed by atoms with Crippen LogP contribution in [-0.4, -0.2) is 42.1 Å². The maximum atomic E-state index is 14.4. The molecule has 1 aromatic rings. The molecule has 0 aromatic heterocycles. The lowest BCUT2D eigenvalue weighted by molar-refractivity contribution is -0.124. The van der Waals surface area contributed by atoms with E-state index in [1.54, 1.807) is 23.2 Å². The summed E-state index contributed by atoms with van der Waals surface area (Å²) in [4.78, 5) is 25.7. The lowest BCUT2D eigenvalue weighted by Crippen LogP contribution is -2.32. The van der Waals surface area contributed by atoms with Gasteiger partial charge in [0.15, 0.2) is 6.10 Å². The molecule has 2 amide bonds. The zero-order valence-corrected chi connectivity index (χ0v) is 12.6. The number of allylic oxidation sites excluding steroid dienone is 1. The van der Waals surface area contributed by atoms with E-state index in [1.807, 2.05) is 0 Å². The average molecular weight is 334 g/mol. The molecule has 1 aromatic carbocycles. The summed E-state index contributed by atoms with van der Waals surface area (Å²) in [5, 5.41) is 11.8. The Kier molecular flexibility index (Phi) is 4.07. The standard InChI is InChI=1S/C15H15FN4O4/c16-11-7-10(20-8-13(14(17)21)24-15(20)22)1-2-12(11)19-5-3-9(18-23)4-6-19/h1-3,5,7,13,23H,4,6,8H2,(H2,17,21)/b18-9-/t13-/m1/s1. The lowest BCUT2D eigenvalue weighted by atomic mass is 10.1. The number of nitrogens with two attached hydrogens (primary N) is 1. The van der Waals surface area contributed by atoms with Crippen LogP contribution < -0.4 is 15.5 Å². The van der Waals surface area contributed by atoms with Crippen molar-refractivity contribution in [2.75, 3.05) is 22.9 Å². The number of cyclic esters (lactones) is 1. The number of ether oxygens (including phenoxy) is 1. The van der Waals surface area contributed by atoms with Gasteiger partial charge in [0.25, 0.3) is 5.91 Å². The summed E-state index contributed by atoms with van der Waals surface area (Å²) in [7, 11) is 0. The number of amides is 2. The number of halogens is 1. The van der Waals surface area contributed by atoms with Gasteiger partial charge in [0.1, 0.15) is 5.82 Å². The third kappa shape index (κ3) is 2.87. The average Bonchev–Trinajstić information content (AvgIpc) is 2.97. The molecule has 3 rings (SSSR count). The summed E-state index contributed by atoms with van der Waals surface area (Å²) in [6.07, 6.45) is 1.90. The SMILES string of the molecule is NC(=O)[C@H]1CN(c2ccc(N3C=C/C(=N/O)CC3)c(F)c2)C(=O)O1. The number of primary amides is 1. The van der Waals surface area contributed by atoms with E-state index in [2.05, 4.69) is 5.16 Å². The summed E-state index contributed by atoms with van der Waals surface area (Å²) in [6, 6.07) is 4.29. The number of rotatable bonds is 3. The van der Waals surface area contributed by atoms with Gasteiger partial charge in [-0.1, -0.05) is 5.16 Å². The minimum atomic E-state index is -1.04. The monoisotopic (exact) mass is 334 g/mol. The fourth-order valence-electron chi connectivity index (χ4n) is 2.57. The van der Waals surface area contributed by atoms with Gasteiger partial charge in [-0.2, -0.15) is 0 Å². The van der Waals surface area contributed by atoms with E-state index < -0.39 is 23.9 Å². The molecule has 126 valence electrons. The van der Waals surface area contributed by atoms with E-state index in [0.29, 0.717) is 24.4 Å². The Bertz CT molecular complexity index is 749. The zero-order chi connectivity index (χ0) is 17.3. The molecule has 0 aliphatic carbocycles. The van der Waals surface area contributed by atoms with Crippen molar-refractivity contribution in [3.05, 3.63) is 36.3 Å². The number of carbonyl (C=O) groups is 2. The third-order valence-corrected chi connectivity index (χ3v) is 3.87. The van der Waals surface area contributed by atoms with Gasteiger partial charge >= 0.3 is 6.09 Å². The maximum Gasteiger partial charge on any atom is 0.415 e. The molecule has 0 radical (unpaired) electrons. The van der Waals surface area contributed by atoms with Crippen molar-refractivity contribution in [2.24, 2.45) is 10.9 Å². The van der Waals surface area contributed by atoms with Gasteiger partial charge in [0.05, 0.1) is 23.6 Å². The van der Waals surface area contributed by atoms with Crippen LogP contribution in [0.3, 0.4) is 0 Å². The molecule has 2 aliphatic rings. The maximum absolute atomic E-state index is 14.4. The fraction of sp³-hybridized carbons (Fsp3) is 0.267. The number of nitrogens with zero attached hydrogens (tertiary/aromatic N) is 3. The number of carbonyl (C=O) groups excluding carboxylic acids is 2. The van der Waals surface area contributed by atoms with Crippen LogP contribution in [-0.2, 0) is 9.53 Å². The Morgan fingerprint density at radius 1 is 1.46 bits per heavy atom. The van der Waals surface area contributed by atoms with Crippen molar-refractivity contribution in [1.29, 1.82) is 0 Å². The zero-order valence-electron chi connectivity index (χ0n) is 12.6. The highest BCUT2D eigenvalue weighted by atomic mass is 19.1. The second-order valence-electron chi connectivity index (χ2n) is 5.37. The molecule has 1 saturated heterocycles. The second kappa shape index (κ2) is 6.19. The van der Waals surface area contributed by atoms with E-state index in [1.165, 1.54) is 12.1 Å². The highest BCUT2D eigenvalue weighted by Gasteiger charge is 2.36. The van der Waals surface area contributed by atoms with Crippen LogP contribution in [0, 0.1) is 5.82 Å². The first-order valence-corrected chi connectivity index (χ1v) is 7.22. The lowest BCUT2D eigenvalue weighted by Gasteiger charge is -2.25. The Balaban J connectivity index is 1.81. The molecule has 1 atom stereocenters. The summed E-state index contributed by atoms with van der Waals surface area (Å²) in [5.41, 5.74) is 6.24. The van der Waals surface area contributed by atoms with Crippen molar-refractivity contribution in [1.82, 2.24) is 0 Å². The molecule has 0 saturated carbocycles. The number of benzene rings is 1. The highest BCUT2D eigenvalue weighted by Crippen LogP contribution is 2.29. The number of hydrogen-bond acceptors (Lipinski definition) is 6. The predicted octanol–water partition coefficient (Wildman–Crippen LogP) is 1.19. The molecule has 2 aliphatic heterocycles. The van der Waals surface area contributed by atoms with E-state index in [4.69, 9.17) is 15.7 Å². The molecule has 0 unspecified atom stereocenters. The molecule has 0 spiro atoms. The third-order valence-electron chi connectivity index (χ3n) is 3.87. The molecule has 24 heavy (non-hydrogen) atoms. The summed E-state index contributed by atoms with van der Waals surface area (Å²) >= 11 is 0. The van der Waals surface area contributed by atoms with Crippen LogP contribution >= 0.6 is 0 Å². The predicted molar refractivity (Wildman–Crippen MR) is 83.5 cm³/mol. The van der Waals surface area contributed by atoms with Crippen molar-refractivity contribution < 1.29 is 23.9 Å². The summed E-state index contributed by atoms with van der Waals surface area (Å²) in [5.74, 6) is -1.28. The van der Waals surface area contributed by atoms with Crippen molar-refractivity contribution in [2.45, 2.75) is 12.5 Å². The molecule has 1 fully saturated rings. The molecular formula is C15H15FN4O4. The van der Waals surface area contributed by atoms with Gasteiger partial charge < -0.3 is 20.6 Å². The first-order chi connectivity index (χ1) is 11.5. The van der Waals surface area contributed by atoms with Crippen LogP contribution in [0.15, 0.2) is 35.6 Å². The fourth-order valence-corrected chi connectivity index (χ4v) is 2.57. The largest absolute Gasteiger partial charge is 0.434 e. The van der Waals surface area contributed by atoms with Gasteiger partial charge in [-0.15, -0.1) is 0 Å². The number of anilines is 2. The Hall–Kier alpha value is -3.10. The van der Waals surface area contributed by atoms with Crippen LogP contribution in [0.1, 0.15) is 6.42 Å². The van der Waals surface area contributed by atoms with E-state index in [0.717, 1.165) is 4.90 Å². The van der Waals surface area contributed by atoms with Crippen molar-refractivity contribution >= 4 is 29.1 Å². The van der Waals surface area contributed by atoms with Crippen LogP contribution in [0.2, 0.25) is 0 Å². The van der Waals surface area contributed by atoms with Crippen LogP contribution in [0.25, 0.3) is 0 Å².